The van der Waals surface area contributed by atoms with E-state index in [1.165, 1.54) is 7.11 Å². The van der Waals surface area contributed by atoms with E-state index in [0.717, 1.165) is 31.5 Å². The van der Waals surface area contributed by atoms with Crippen LogP contribution in [0.4, 0.5) is 4.79 Å². The number of likely N-dealkylation sites (N-methyl/N-ethyl adjacent to an activating group) is 1. The lowest BCUT2D eigenvalue weighted by Gasteiger charge is -2.35. The molecule has 1 atom stereocenters. The van der Waals surface area contributed by atoms with E-state index >= 15 is 0 Å². The number of esters is 1. The number of ether oxygens (including phenoxy) is 2. The molecule has 24 heavy (non-hydrogen) atoms. The van der Waals surface area contributed by atoms with Gasteiger partial charge in [0.2, 0.25) is 0 Å². The molecule has 1 aromatic rings. The van der Waals surface area contributed by atoms with Gasteiger partial charge < -0.3 is 14.8 Å². The maximum Gasteiger partial charge on any atom is 0.408 e. The Hall–Kier alpha value is -2.08. The van der Waals surface area contributed by atoms with Gasteiger partial charge in [0.25, 0.3) is 0 Å². The summed E-state index contributed by atoms with van der Waals surface area (Å²) in [5, 5.41) is 2.71. The van der Waals surface area contributed by atoms with E-state index in [0.29, 0.717) is 0 Å². The number of alkyl carbamates (subject to hydrolysis) is 1. The van der Waals surface area contributed by atoms with Gasteiger partial charge in [-0.05, 0) is 31.5 Å². The fourth-order valence-electron chi connectivity index (χ4n) is 3.18. The van der Waals surface area contributed by atoms with E-state index in [-0.39, 0.29) is 12.1 Å². The number of hydrogen-bond donors (Lipinski definition) is 1. The van der Waals surface area contributed by atoms with Crippen molar-refractivity contribution in [1.29, 1.82) is 0 Å². The van der Waals surface area contributed by atoms with Crippen LogP contribution in [0.1, 0.15) is 32.3 Å². The second-order valence-electron chi connectivity index (χ2n) is 5.94. The van der Waals surface area contributed by atoms with Crippen molar-refractivity contribution in [3.05, 3.63) is 35.9 Å². The summed E-state index contributed by atoms with van der Waals surface area (Å²) >= 11 is 0. The monoisotopic (exact) mass is 334 g/mol. The van der Waals surface area contributed by atoms with Crippen LogP contribution in [0.5, 0.6) is 0 Å². The highest BCUT2D eigenvalue weighted by atomic mass is 16.6. The van der Waals surface area contributed by atoms with Crippen LogP contribution in [0.15, 0.2) is 30.3 Å². The molecule has 1 aromatic carbocycles. The Bertz CT molecular complexity index is 553. The lowest BCUT2D eigenvalue weighted by molar-refractivity contribution is -0.145. The third-order valence-corrected chi connectivity index (χ3v) is 4.60. The fraction of sp³-hybridized carbons (Fsp3) is 0.556. The molecule has 6 nitrogen and oxygen atoms in total. The highest BCUT2D eigenvalue weighted by Crippen LogP contribution is 2.45. The molecule has 1 amide bonds. The zero-order chi connectivity index (χ0) is 17.6. The first-order chi connectivity index (χ1) is 11.6. The molecule has 1 fully saturated rings. The van der Waals surface area contributed by atoms with Crippen LogP contribution < -0.4 is 5.32 Å². The highest BCUT2D eigenvalue weighted by molar-refractivity contribution is 5.83. The molecule has 0 saturated heterocycles. The Kier molecular flexibility index (Phi) is 6.20. The molecule has 0 aromatic heterocycles. The maximum atomic E-state index is 12.2. The van der Waals surface area contributed by atoms with Gasteiger partial charge in [0.05, 0.1) is 12.6 Å². The molecule has 0 aliphatic heterocycles. The van der Waals surface area contributed by atoms with Gasteiger partial charge in [-0.1, -0.05) is 44.2 Å². The molecule has 1 unspecified atom stereocenters. The third-order valence-electron chi connectivity index (χ3n) is 4.60. The van der Waals surface area contributed by atoms with Crippen LogP contribution in [0.2, 0.25) is 0 Å². The highest BCUT2D eigenvalue weighted by Gasteiger charge is 2.57. The molecule has 0 heterocycles. The third kappa shape index (κ3) is 4.06. The van der Waals surface area contributed by atoms with Crippen LogP contribution >= 0.6 is 0 Å². The Morgan fingerprint density at radius 2 is 1.83 bits per heavy atom. The Morgan fingerprint density at radius 1 is 1.21 bits per heavy atom. The molecule has 0 spiro atoms. The molecular weight excluding hydrogens is 308 g/mol. The molecule has 1 N–H and O–H groups in total. The number of rotatable bonds is 8. The molecule has 1 aliphatic rings. The second kappa shape index (κ2) is 8.15. The number of nitrogens with one attached hydrogen (secondary N) is 1. The second-order valence-corrected chi connectivity index (χ2v) is 5.94. The number of methoxy groups -OCH3 is 1. The largest absolute Gasteiger partial charge is 0.467 e. The lowest BCUT2D eigenvalue weighted by Crippen LogP contribution is -2.58. The number of carbonyl (C=O) groups is 2. The van der Waals surface area contributed by atoms with E-state index in [4.69, 9.17) is 9.47 Å². The number of hydrogen-bond acceptors (Lipinski definition) is 5. The Balaban J connectivity index is 2.01. The average molecular weight is 334 g/mol. The molecular formula is C18H26N2O4. The van der Waals surface area contributed by atoms with Crippen molar-refractivity contribution in [2.24, 2.45) is 0 Å². The summed E-state index contributed by atoms with van der Waals surface area (Å²) in [6, 6.07) is 8.70. The lowest BCUT2D eigenvalue weighted by atomic mass is 10.0. The van der Waals surface area contributed by atoms with Gasteiger partial charge in [0.1, 0.15) is 12.6 Å². The predicted molar refractivity (Wildman–Crippen MR) is 90.5 cm³/mol. The normalized spacial score (nSPS) is 16.3. The van der Waals surface area contributed by atoms with Gasteiger partial charge in [-0.3, -0.25) is 4.90 Å². The predicted octanol–water partition coefficient (Wildman–Crippen LogP) is 2.33. The smallest absolute Gasteiger partial charge is 0.408 e. The summed E-state index contributed by atoms with van der Waals surface area (Å²) in [5.74, 6) is -0.434. The first-order valence-corrected chi connectivity index (χ1v) is 8.37. The van der Waals surface area contributed by atoms with Crippen LogP contribution in [0, 0.1) is 0 Å². The molecule has 0 radical (unpaired) electrons. The molecule has 1 aliphatic carbocycles. The number of nitrogens with zero attached hydrogens (tertiary/aromatic N) is 1. The number of benzene rings is 1. The number of carbonyl (C=O) groups excluding carboxylic acids is 2. The van der Waals surface area contributed by atoms with E-state index in [9.17, 15) is 9.59 Å². The van der Waals surface area contributed by atoms with Crippen LogP contribution in [-0.4, -0.2) is 48.7 Å². The summed E-state index contributed by atoms with van der Waals surface area (Å²) in [6.45, 7) is 5.88. The van der Waals surface area contributed by atoms with Crippen molar-refractivity contribution in [3.8, 4) is 0 Å². The molecule has 2 rings (SSSR count). The maximum absolute atomic E-state index is 12.2. The van der Waals surface area contributed by atoms with Crippen molar-refractivity contribution >= 4 is 12.1 Å². The van der Waals surface area contributed by atoms with Gasteiger partial charge >= 0.3 is 12.1 Å². The van der Waals surface area contributed by atoms with Crippen LogP contribution in [-0.2, 0) is 20.9 Å². The van der Waals surface area contributed by atoms with Crippen molar-refractivity contribution in [1.82, 2.24) is 10.2 Å². The summed E-state index contributed by atoms with van der Waals surface area (Å²) in [7, 11) is 1.34. The van der Waals surface area contributed by atoms with Gasteiger partial charge in [0.15, 0.2) is 0 Å². The van der Waals surface area contributed by atoms with Gasteiger partial charge in [-0.15, -0.1) is 0 Å². The summed E-state index contributed by atoms with van der Waals surface area (Å²) in [5.41, 5.74) is 0.537. The van der Waals surface area contributed by atoms with Crippen molar-refractivity contribution in [3.63, 3.8) is 0 Å². The first kappa shape index (κ1) is 18.3. The minimum Gasteiger partial charge on any atom is -0.467 e. The van der Waals surface area contributed by atoms with Gasteiger partial charge in [0, 0.05) is 0 Å². The minimum atomic E-state index is -0.717. The SMILES string of the molecule is CCN(CC)C1(C(NC(=O)OCc2ccccc2)C(=O)OC)CC1. The Morgan fingerprint density at radius 3 is 2.33 bits per heavy atom. The van der Waals surface area contributed by atoms with Gasteiger partial charge in [-0.2, -0.15) is 0 Å². The molecule has 6 heteroatoms. The zero-order valence-electron chi connectivity index (χ0n) is 14.6. The first-order valence-electron chi connectivity index (χ1n) is 8.37. The zero-order valence-corrected chi connectivity index (χ0v) is 14.6. The summed E-state index contributed by atoms with van der Waals surface area (Å²) in [6.07, 6.45) is 1.11. The standard InChI is InChI=1S/C18H26N2O4/c1-4-20(5-2)18(11-12-18)15(16(21)23-3)19-17(22)24-13-14-9-7-6-8-10-14/h6-10,15H,4-5,11-13H2,1-3H3,(H,19,22). The fourth-order valence-corrected chi connectivity index (χ4v) is 3.18. The number of amides is 1. The quantitative estimate of drug-likeness (QED) is 0.739. The van der Waals surface area contributed by atoms with E-state index in [1.807, 2.05) is 44.2 Å². The van der Waals surface area contributed by atoms with E-state index in [1.54, 1.807) is 0 Å². The van der Waals surface area contributed by atoms with E-state index < -0.39 is 18.1 Å². The van der Waals surface area contributed by atoms with Crippen molar-refractivity contribution in [2.75, 3.05) is 20.2 Å². The minimum absolute atomic E-state index is 0.166. The molecule has 1 saturated carbocycles. The van der Waals surface area contributed by atoms with Crippen LogP contribution in [0.25, 0.3) is 0 Å². The van der Waals surface area contributed by atoms with Crippen molar-refractivity contribution in [2.45, 2.75) is 44.9 Å². The van der Waals surface area contributed by atoms with Crippen molar-refractivity contribution < 1.29 is 19.1 Å². The van der Waals surface area contributed by atoms with E-state index in [2.05, 4.69) is 10.2 Å². The molecule has 132 valence electrons. The Labute approximate surface area is 143 Å². The summed E-state index contributed by atoms with van der Waals surface area (Å²) in [4.78, 5) is 26.6. The summed E-state index contributed by atoms with van der Waals surface area (Å²) < 4.78 is 10.2. The average Bonchev–Trinajstić information content (AvgIpc) is 3.40. The molecule has 0 bridgehead atoms. The van der Waals surface area contributed by atoms with Gasteiger partial charge in [-0.25, -0.2) is 9.59 Å². The topological polar surface area (TPSA) is 67.9 Å². The van der Waals surface area contributed by atoms with Crippen LogP contribution in [0.3, 0.4) is 0 Å².